The van der Waals surface area contributed by atoms with Crippen LogP contribution in [-0.4, -0.2) is 17.9 Å². The Kier molecular flexibility index (Phi) is 5.24. The van der Waals surface area contributed by atoms with Crippen molar-refractivity contribution in [2.45, 2.75) is 25.4 Å². The molecule has 0 amide bonds. The van der Waals surface area contributed by atoms with E-state index in [1.54, 1.807) is 0 Å². The Balaban J connectivity index is 2.99. The number of unbranched alkanes of at least 4 members (excludes halogenated alkanes) is 1. The minimum absolute atomic E-state index is 0.376. The summed E-state index contributed by atoms with van der Waals surface area (Å²) >= 11 is 0. The number of aliphatic hydroxyl groups is 1. The predicted molar refractivity (Wildman–Crippen MR) is 34.7 cm³/mol. The SMILES string of the molecule is C#CCCC[C@H](F)CO. The highest BCUT2D eigenvalue weighted by Gasteiger charge is 2.01. The van der Waals surface area contributed by atoms with Gasteiger partial charge in [-0.1, -0.05) is 0 Å². The van der Waals surface area contributed by atoms with Gasteiger partial charge in [-0.3, -0.25) is 0 Å². The summed E-state index contributed by atoms with van der Waals surface area (Å²) in [6.07, 6.45) is 5.47. The highest BCUT2D eigenvalue weighted by atomic mass is 19.1. The van der Waals surface area contributed by atoms with Gasteiger partial charge in [0.1, 0.15) is 6.17 Å². The summed E-state index contributed by atoms with van der Waals surface area (Å²) in [7, 11) is 0. The molecule has 1 N–H and O–H groups in total. The van der Waals surface area contributed by atoms with Gasteiger partial charge in [-0.05, 0) is 12.8 Å². The van der Waals surface area contributed by atoms with Crippen molar-refractivity contribution >= 4 is 0 Å². The maximum Gasteiger partial charge on any atom is 0.123 e. The first-order chi connectivity index (χ1) is 4.31. The zero-order chi connectivity index (χ0) is 7.11. The van der Waals surface area contributed by atoms with E-state index in [1.165, 1.54) is 0 Å². The van der Waals surface area contributed by atoms with Crippen LogP contribution >= 0.6 is 0 Å². The molecule has 0 unspecified atom stereocenters. The van der Waals surface area contributed by atoms with E-state index in [0.29, 0.717) is 19.3 Å². The van der Waals surface area contributed by atoms with Gasteiger partial charge in [0, 0.05) is 6.42 Å². The number of halogens is 1. The molecule has 1 nitrogen and oxygen atoms in total. The first-order valence-electron chi connectivity index (χ1n) is 2.99. The van der Waals surface area contributed by atoms with Crippen LogP contribution in [0.15, 0.2) is 0 Å². The summed E-state index contributed by atoms with van der Waals surface area (Å²) in [5.74, 6) is 2.40. The maximum absolute atomic E-state index is 12.1. The van der Waals surface area contributed by atoms with E-state index in [-0.39, 0.29) is 6.61 Å². The number of alkyl halides is 1. The maximum atomic E-state index is 12.1. The third kappa shape index (κ3) is 5.32. The lowest BCUT2D eigenvalue weighted by atomic mass is 10.2. The van der Waals surface area contributed by atoms with E-state index in [9.17, 15) is 4.39 Å². The molecule has 0 heterocycles. The summed E-state index contributed by atoms with van der Waals surface area (Å²) in [6.45, 7) is -0.384. The Morgan fingerprint density at radius 2 is 2.33 bits per heavy atom. The molecule has 1 atom stereocenters. The molecule has 0 saturated heterocycles. The van der Waals surface area contributed by atoms with Gasteiger partial charge in [-0.15, -0.1) is 12.3 Å². The molecule has 0 bridgehead atoms. The Morgan fingerprint density at radius 3 is 2.78 bits per heavy atom. The zero-order valence-electron chi connectivity index (χ0n) is 5.31. The van der Waals surface area contributed by atoms with E-state index < -0.39 is 6.17 Å². The lowest BCUT2D eigenvalue weighted by molar-refractivity contribution is 0.168. The van der Waals surface area contributed by atoms with Crippen LogP contribution in [-0.2, 0) is 0 Å². The van der Waals surface area contributed by atoms with Gasteiger partial charge in [-0.25, -0.2) is 4.39 Å². The zero-order valence-corrected chi connectivity index (χ0v) is 5.31. The van der Waals surface area contributed by atoms with E-state index in [4.69, 9.17) is 11.5 Å². The second-order valence-corrected chi connectivity index (χ2v) is 1.88. The number of hydrogen-bond donors (Lipinski definition) is 1. The molecular formula is C7H11FO. The third-order valence-corrected chi connectivity index (χ3v) is 1.04. The quantitative estimate of drug-likeness (QED) is 0.446. The first-order valence-corrected chi connectivity index (χ1v) is 2.99. The van der Waals surface area contributed by atoms with Crippen LogP contribution in [0.4, 0.5) is 4.39 Å². The molecule has 2 heteroatoms. The highest BCUT2D eigenvalue weighted by Crippen LogP contribution is 2.02. The van der Waals surface area contributed by atoms with Crippen LogP contribution in [0.5, 0.6) is 0 Å². The molecule has 0 radical (unpaired) electrons. The van der Waals surface area contributed by atoms with Crippen LogP contribution in [0.2, 0.25) is 0 Å². The van der Waals surface area contributed by atoms with Crippen molar-refractivity contribution in [3.63, 3.8) is 0 Å². The van der Waals surface area contributed by atoms with Crippen molar-refractivity contribution in [3.05, 3.63) is 0 Å². The molecule has 0 aliphatic carbocycles. The Morgan fingerprint density at radius 1 is 1.67 bits per heavy atom. The molecule has 0 aromatic rings. The largest absolute Gasteiger partial charge is 0.393 e. The highest BCUT2D eigenvalue weighted by molar-refractivity contribution is 4.83. The van der Waals surface area contributed by atoms with E-state index in [1.807, 2.05) is 0 Å². The average Bonchev–Trinajstić information content (AvgIpc) is 1.89. The lowest BCUT2D eigenvalue weighted by Crippen LogP contribution is -2.04. The molecule has 0 aromatic heterocycles. The molecule has 0 saturated carbocycles. The van der Waals surface area contributed by atoms with Crippen molar-refractivity contribution in [1.82, 2.24) is 0 Å². The Labute approximate surface area is 54.9 Å². The van der Waals surface area contributed by atoms with E-state index in [0.717, 1.165) is 0 Å². The molecule has 0 spiro atoms. The first kappa shape index (κ1) is 8.45. The van der Waals surface area contributed by atoms with Crippen molar-refractivity contribution in [3.8, 4) is 12.3 Å². The standard InChI is InChI=1S/C7H11FO/c1-2-3-4-5-7(8)6-9/h1,7,9H,3-6H2/t7-/m0/s1. The third-order valence-electron chi connectivity index (χ3n) is 1.04. The number of rotatable bonds is 4. The van der Waals surface area contributed by atoms with Crippen molar-refractivity contribution in [1.29, 1.82) is 0 Å². The lowest BCUT2D eigenvalue weighted by Gasteiger charge is -1.99. The van der Waals surface area contributed by atoms with Crippen molar-refractivity contribution < 1.29 is 9.50 Å². The second kappa shape index (κ2) is 5.58. The predicted octanol–water partition coefficient (Wildman–Crippen LogP) is 1.12. The summed E-state index contributed by atoms with van der Waals surface area (Å²) in [5.41, 5.74) is 0. The minimum atomic E-state index is -1.08. The van der Waals surface area contributed by atoms with Gasteiger partial charge < -0.3 is 5.11 Å². The Bertz CT molecular complexity index is 95.6. The summed E-state index contributed by atoms with van der Waals surface area (Å²) in [4.78, 5) is 0. The molecule has 0 aliphatic heterocycles. The normalized spacial score (nSPS) is 12.6. The van der Waals surface area contributed by atoms with Gasteiger partial charge in [0.05, 0.1) is 6.61 Å². The van der Waals surface area contributed by atoms with Crippen molar-refractivity contribution in [2.24, 2.45) is 0 Å². The van der Waals surface area contributed by atoms with Crippen LogP contribution in [0.3, 0.4) is 0 Å². The minimum Gasteiger partial charge on any atom is -0.393 e. The molecule has 0 rings (SSSR count). The number of aliphatic hydroxyl groups excluding tert-OH is 1. The van der Waals surface area contributed by atoms with E-state index >= 15 is 0 Å². The van der Waals surface area contributed by atoms with Crippen LogP contribution in [0, 0.1) is 12.3 Å². The average molecular weight is 130 g/mol. The van der Waals surface area contributed by atoms with Crippen LogP contribution in [0.1, 0.15) is 19.3 Å². The van der Waals surface area contributed by atoms with E-state index in [2.05, 4.69) is 5.92 Å². The smallest absolute Gasteiger partial charge is 0.123 e. The molecule has 0 aliphatic rings. The van der Waals surface area contributed by atoms with Gasteiger partial charge in [0.25, 0.3) is 0 Å². The second-order valence-electron chi connectivity index (χ2n) is 1.88. The molecule has 0 fully saturated rings. The fraction of sp³-hybridized carbons (Fsp3) is 0.714. The molecular weight excluding hydrogens is 119 g/mol. The fourth-order valence-corrected chi connectivity index (χ4v) is 0.517. The number of terminal acetylenes is 1. The summed E-state index contributed by atoms with van der Waals surface area (Å²) < 4.78 is 12.1. The molecule has 0 aromatic carbocycles. The summed E-state index contributed by atoms with van der Waals surface area (Å²) in [5, 5.41) is 8.21. The Hall–Kier alpha value is -0.550. The van der Waals surface area contributed by atoms with Crippen molar-refractivity contribution in [2.75, 3.05) is 6.61 Å². The number of hydrogen-bond acceptors (Lipinski definition) is 1. The van der Waals surface area contributed by atoms with Gasteiger partial charge in [0.15, 0.2) is 0 Å². The molecule has 52 valence electrons. The monoisotopic (exact) mass is 130 g/mol. The van der Waals surface area contributed by atoms with Crippen LogP contribution in [0.25, 0.3) is 0 Å². The topological polar surface area (TPSA) is 20.2 Å². The fourth-order valence-electron chi connectivity index (χ4n) is 0.517. The summed E-state index contributed by atoms with van der Waals surface area (Å²) in [6, 6.07) is 0. The van der Waals surface area contributed by atoms with Gasteiger partial charge in [-0.2, -0.15) is 0 Å². The van der Waals surface area contributed by atoms with Crippen LogP contribution < -0.4 is 0 Å². The van der Waals surface area contributed by atoms with Gasteiger partial charge >= 0.3 is 0 Å². The van der Waals surface area contributed by atoms with Gasteiger partial charge in [0.2, 0.25) is 0 Å². The molecule has 9 heavy (non-hydrogen) atoms.